The van der Waals surface area contributed by atoms with Gasteiger partial charge in [0.15, 0.2) is 0 Å². The maximum Gasteiger partial charge on any atom is 0.422 e. The van der Waals surface area contributed by atoms with E-state index < -0.39 is 23.8 Å². The van der Waals surface area contributed by atoms with E-state index in [0.29, 0.717) is 17.8 Å². The van der Waals surface area contributed by atoms with Crippen LogP contribution in [0.25, 0.3) is 0 Å². The number of halogens is 3. The zero-order valence-electron chi connectivity index (χ0n) is 14.0. The van der Waals surface area contributed by atoms with Gasteiger partial charge in [-0.3, -0.25) is 0 Å². The lowest BCUT2D eigenvalue weighted by atomic mass is 9.88. The second-order valence-corrected chi connectivity index (χ2v) is 5.35. The summed E-state index contributed by atoms with van der Waals surface area (Å²) in [5.41, 5.74) is -2.97. The number of aliphatic hydroxyl groups is 1. The number of nitrogens with zero attached hydrogens (tertiary/aromatic N) is 3. The van der Waals surface area contributed by atoms with Crippen LogP contribution in [0.2, 0.25) is 0 Å². The third-order valence-corrected chi connectivity index (χ3v) is 3.66. The molecule has 0 radical (unpaired) electrons. The van der Waals surface area contributed by atoms with Gasteiger partial charge in [0.1, 0.15) is 5.75 Å². The minimum absolute atomic E-state index is 0.179. The molecule has 0 saturated carbocycles. The fourth-order valence-corrected chi connectivity index (χ4v) is 2.01. The van der Waals surface area contributed by atoms with E-state index >= 15 is 0 Å². The molecule has 8 heteroatoms. The third kappa shape index (κ3) is 3.97. The number of benzene rings is 1. The molecule has 1 N–H and O–H groups in total. The first-order valence-electron chi connectivity index (χ1n) is 7.20. The van der Waals surface area contributed by atoms with Crippen LogP contribution in [0.5, 0.6) is 5.75 Å². The van der Waals surface area contributed by atoms with Crippen LogP contribution >= 0.6 is 0 Å². The Kier molecular flexibility index (Phi) is 6.21. The smallest absolute Gasteiger partial charge is 0.422 e. The lowest BCUT2D eigenvalue weighted by Gasteiger charge is -2.30. The van der Waals surface area contributed by atoms with Crippen LogP contribution < -0.4 is 4.74 Å². The molecule has 1 rings (SSSR count). The fourth-order valence-electron chi connectivity index (χ4n) is 2.01. The first-order chi connectivity index (χ1) is 11.1. The van der Waals surface area contributed by atoms with E-state index in [1.807, 2.05) is 6.92 Å². The summed E-state index contributed by atoms with van der Waals surface area (Å²) in [4.78, 5) is 6.00. The summed E-state index contributed by atoms with van der Waals surface area (Å²) < 4.78 is 45.0. The van der Waals surface area contributed by atoms with Crippen molar-refractivity contribution in [1.29, 1.82) is 5.26 Å². The average Bonchev–Trinajstić information content (AvgIpc) is 2.52. The maximum absolute atomic E-state index is 13.3. The van der Waals surface area contributed by atoms with Gasteiger partial charge in [0.25, 0.3) is 0 Å². The topological polar surface area (TPSA) is 68.8 Å². The largest absolute Gasteiger partial charge is 0.496 e. The Bertz CT molecular complexity index is 653. The second-order valence-electron chi connectivity index (χ2n) is 5.35. The minimum Gasteiger partial charge on any atom is -0.496 e. The van der Waals surface area contributed by atoms with E-state index in [1.54, 1.807) is 25.2 Å². The monoisotopic (exact) mass is 343 g/mol. The minimum atomic E-state index is -5.02. The van der Waals surface area contributed by atoms with Crippen molar-refractivity contribution in [3.63, 3.8) is 0 Å². The summed E-state index contributed by atoms with van der Waals surface area (Å²) in [7, 11) is 3.00. The van der Waals surface area contributed by atoms with E-state index in [1.165, 1.54) is 19.2 Å². The van der Waals surface area contributed by atoms with Gasteiger partial charge in [0.05, 0.1) is 31.6 Å². The van der Waals surface area contributed by atoms with Crippen molar-refractivity contribution in [3.05, 3.63) is 23.3 Å². The molecule has 0 heterocycles. The molecule has 5 nitrogen and oxygen atoms in total. The van der Waals surface area contributed by atoms with Crippen molar-refractivity contribution in [2.75, 3.05) is 20.7 Å². The van der Waals surface area contributed by atoms with Crippen molar-refractivity contribution in [1.82, 2.24) is 4.90 Å². The molecule has 0 fully saturated rings. The average molecular weight is 343 g/mol. The van der Waals surface area contributed by atoms with Gasteiger partial charge in [0, 0.05) is 25.2 Å². The number of aliphatic imine (C=N–C) groups is 1. The van der Waals surface area contributed by atoms with E-state index in [-0.39, 0.29) is 5.75 Å². The molecule has 1 atom stereocenters. The Morgan fingerprint density at radius 2 is 2.04 bits per heavy atom. The van der Waals surface area contributed by atoms with Crippen LogP contribution in [0.3, 0.4) is 0 Å². The van der Waals surface area contributed by atoms with Gasteiger partial charge in [-0.05, 0) is 25.5 Å². The van der Waals surface area contributed by atoms with Crippen LogP contribution in [0.15, 0.2) is 17.1 Å². The van der Waals surface area contributed by atoms with Crippen molar-refractivity contribution in [3.8, 4) is 11.8 Å². The van der Waals surface area contributed by atoms with Crippen molar-refractivity contribution >= 4 is 12.0 Å². The molecule has 132 valence electrons. The molecule has 1 aromatic carbocycles. The SMILES string of the molecule is CCN(C)/C=N/c1cc(OC)c(C(O)(CC#N)C(F)(F)F)cc1C. The molecule has 0 amide bonds. The molecule has 24 heavy (non-hydrogen) atoms. The number of hydrogen-bond acceptors (Lipinski definition) is 4. The van der Waals surface area contributed by atoms with Gasteiger partial charge >= 0.3 is 6.18 Å². The number of alkyl halides is 3. The van der Waals surface area contributed by atoms with Crippen LogP contribution in [0.4, 0.5) is 18.9 Å². The Morgan fingerprint density at radius 1 is 1.42 bits per heavy atom. The molecule has 0 aliphatic carbocycles. The molecule has 0 spiro atoms. The van der Waals surface area contributed by atoms with E-state index in [0.717, 1.165) is 6.07 Å². The number of rotatable bonds is 6. The summed E-state index contributed by atoms with van der Waals surface area (Å²) in [6.45, 7) is 4.21. The standard InChI is InChI=1S/C16H20F3N3O2/c1-5-22(3)10-21-13-9-14(24-4)12(8-11(13)2)15(23,6-7-20)16(17,18)19/h8-10,23H,5-6H2,1-4H3/b21-10+. The van der Waals surface area contributed by atoms with Gasteiger partial charge in [-0.1, -0.05) is 0 Å². The van der Waals surface area contributed by atoms with Crippen molar-refractivity contribution in [2.24, 2.45) is 4.99 Å². The van der Waals surface area contributed by atoms with E-state index in [9.17, 15) is 18.3 Å². The summed E-state index contributed by atoms with van der Waals surface area (Å²) in [5, 5.41) is 18.8. The van der Waals surface area contributed by atoms with Gasteiger partial charge in [-0.25, -0.2) is 4.99 Å². The highest BCUT2D eigenvalue weighted by Crippen LogP contribution is 2.46. The van der Waals surface area contributed by atoms with Crippen LogP contribution in [-0.4, -0.2) is 43.2 Å². The van der Waals surface area contributed by atoms with E-state index in [4.69, 9.17) is 10.00 Å². The quantitative estimate of drug-likeness (QED) is 0.636. The van der Waals surface area contributed by atoms with Gasteiger partial charge in [0.2, 0.25) is 5.60 Å². The summed E-state index contributed by atoms with van der Waals surface area (Å²) in [5.74, 6) is -0.179. The second kappa shape index (κ2) is 7.53. The maximum atomic E-state index is 13.3. The molecule has 0 bridgehead atoms. The lowest BCUT2D eigenvalue weighted by Crippen LogP contribution is -2.42. The highest BCUT2D eigenvalue weighted by atomic mass is 19.4. The Balaban J connectivity index is 3.48. The highest BCUT2D eigenvalue weighted by molar-refractivity contribution is 5.65. The molecule has 1 aromatic rings. The molecule has 0 saturated heterocycles. The van der Waals surface area contributed by atoms with Gasteiger partial charge < -0.3 is 14.7 Å². The highest BCUT2D eigenvalue weighted by Gasteiger charge is 2.56. The number of hydrogen-bond donors (Lipinski definition) is 1. The third-order valence-electron chi connectivity index (χ3n) is 3.66. The predicted octanol–water partition coefficient (Wildman–Crippen LogP) is 3.28. The first-order valence-corrected chi connectivity index (χ1v) is 7.20. The Labute approximate surface area is 139 Å². The normalized spacial score (nSPS) is 14.3. The summed E-state index contributed by atoms with van der Waals surface area (Å²) in [6, 6.07) is 3.86. The Hall–Kier alpha value is -2.27. The first kappa shape index (κ1) is 19.8. The zero-order valence-corrected chi connectivity index (χ0v) is 14.0. The molecule has 0 aromatic heterocycles. The molecular weight excluding hydrogens is 323 g/mol. The van der Waals surface area contributed by atoms with E-state index in [2.05, 4.69) is 4.99 Å². The van der Waals surface area contributed by atoms with Crippen LogP contribution in [0, 0.1) is 18.3 Å². The molecule has 0 aliphatic heterocycles. The van der Waals surface area contributed by atoms with Gasteiger partial charge in [-0.15, -0.1) is 0 Å². The van der Waals surface area contributed by atoms with Crippen LogP contribution in [0.1, 0.15) is 24.5 Å². The predicted molar refractivity (Wildman–Crippen MR) is 84.4 cm³/mol. The summed E-state index contributed by atoms with van der Waals surface area (Å²) >= 11 is 0. The lowest BCUT2D eigenvalue weighted by molar-refractivity contribution is -0.265. The molecule has 0 aliphatic rings. The molecular formula is C16H20F3N3O2. The van der Waals surface area contributed by atoms with Crippen molar-refractivity contribution < 1.29 is 23.0 Å². The summed E-state index contributed by atoms with van der Waals surface area (Å²) in [6.07, 6.45) is -4.60. The van der Waals surface area contributed by atoms with Gasteiger partial charge in [-0.2, -0.15) is 18.4 Å². The number of aryl methyl sites for hydroxylation is 1. The number of nitriles is 1. The van der Waals surface area contributed by atoms with Crippen molar-refractivity contribution in [2.45, 2.75) is 32.0 Å². The number of methoxy groups -OCH3 is 1. The molecule has 1 unspecified atom stereocenters. The fraction of sp³-hybridized carbons (Fsp3) is 0.500. The Morgan fingerprint density at radius 3 is 2.50 bits per heavy atom. The van der Waals surface area contributed by atoms with Crippen LogP contribution in [-0.2, 0) is 5.60 Å². The number of ether oxygens (including phenoxy) is 1. The zero-order chi connectivity index (χ0) is 18.5.